The second kappa shape index (κ2) is 15.4. The SMILES string of the molecule is CCCCCCCCCOc1cnc(-c2ccc(CC(C)C(=O)OCC(C)CC)cc2)nc1. The molecule has 0 aliphatic rings. The van der Waals surface area contributed by atoms with Crippen molar-refractivity contribution in [3.8, 4) is 17.1 Å². The Bertz CT molecular complexity index is 790. The van der Waals surface area contributed by atoms with E-state index in [9.17, 15) is 4.79 Å². The molecule has 1 heterocycles. The third-order valence-electron chi connectivity index (χ3n) is 6.01. The van der Waals surface area contributed by atoms with Gasteiger partial charge in [-0.05, 0) is 24.3 Å². The van der Waals surface area contributed by atoms with Crippen molar-refractivity contribution in [1.82, 2.24) is 9.97 Å². The topological polar surface area (TPSA) is 61.3 Å². The largest absolute Gasteiger partial charge is 0.490 e. The Kier molecular flexibility index (Phi) is 12.5. The fourth-order valence-electron chi connectivity index (χ4n) is 3.50. The van der Waals surface area contributed by atoms with Crippen LogP contribution in [0.5, 0.6) is 5.75 Å². The number of unbranched alkanes of at least 4 members (excludes halogenated alkanes) is 6. The number of hydrogen-bond acceptors (Lipinski definition) is 5. The highest BCUT2D eigenvalue weighted by Crippen LogP contribution is 2.19. The molecule has 2 rings (SSSR count). The number of esters is 1. The second-order valence-corrected chi connectivity index (χ2v) is 9.16. The summed E-state index contributed by atoms with van der Waals surface area (Å²) < 4.78 is 11.2. The average molecular weight is 455 g/mol. The predicted octanol–water partition coefficient (Wildman–Crippen LogP) is 7.04. The monoisotopic (exact) mass is 454 g/mol. The fraction of sp³-hybridized carbons (Fsp3) is 0.607. The van der Waals surface area contributed by atoms with Crippen molar-refractivity contribution < 1.29 is 14.3 Å². The van der Waals surface area contributed by atoms with Gasteiger partial charge in [-0.25, -0.2) is 9.97 Å². The van der Waals surface area contributed by atoms with E-state index >= 15 is 0 Å². The smallest absolute Gasteiger partial charge is 0.308 e. The van der Waals surface area contributed by atoms with Gasteiger partial charge < -0.3 is 9.47 Å². The molecule has 1 aromatic heterocycles. The van der Waals surface area contributed by atoms with Crippen molar-refractivity contribution in [2.45, 2.75) is 85.5 Å². The molecule has 33 heavy (non-hydrogen) atoms. The van der Waals surface area contributed by atoms with Crippen LogP contribution in [0.3, 0.4) is 0 Å². The van der Waals surface area contributed by atoms with E-state index in [4.69, 9.17) is 9.47 Å². The first-order valence-corrected chi connectivity index (χ1v) is 12.7. The van der Waals surface area contributed by atoms with Crippen molar-refractivity contribution in [3.05, 3.63) is 42.2 Å². The van der Waals surface area contributed by atoms with Crippen molar-refractivity contribution in [2.24, 2.45) is 11.8 Å². The van der Waals surface area contributed by atoms with E-state index in [2.05, 4.69) is 30.7 Å². The molecule has 0 N–H and O–H groups in total. The molecule has 2 unspecified atom stereocenters. The third-order valence-corrected chi connectivity index (χ3v) is 6.01. The first-order chi connectivity index (χ1) is 16.0. The quantitative estimate of drug-likeness (QED) is 0.201. The van der Waals surface area contributed by atoms with E-state index in [0.717, 1.165) is 24.0 Å². The fourth-order valence-corrected chi connectivity index (χ4v) is 3.50. The van der Waals surface area contributed by atoms with Crippen LogP contribution in [0.1, 0.15) is 84.6 Å². The molecule has 0 saturated carbocycles. The highest BCUT2D eigenvalue weighted by Gasteiger charge is 2.16. The van der Waals surface area contributed by atoms with Gasteiger partial charge in [0.15, 0.2) is 11.6 Å². The third kappa shape index (κ3) is 10.4. The van der Waals surface area contributed by atoms with Crippen molar-refractivity contribution in [2.75, 3.05) is 13.2 Å². The molecule has 5 heteroatoms. The van der Waals surface area contributed by atoms with Crippen molar-refractivity contribution in [3.63, 3.8) is 0 Å². The minimum Gasteiger partial charge on any atom is -0.490 e. The maximum Gasteiger partial charge on any atom is 0.308 e. The molecule has 182 valence electrons. The molecule has 2 aromatic rings. The number of benzene rings is 1. The molecule has 0 amide bonds. The molecule has 0 radical (unpaired) electrons. The Morgan fingerprint density at radius 1 is 0.909 bits per heavy atom. The van der Waals surface area contributed by atoms with Gasteiger partial charge in [-0.3, -0.25) is 4.79 Å². The lowest BCUT2D eigenvalue weighted by Gasteiger charge is -2.14. The number of nitrogens with zero attached hydrogens (tertiary/aromatic N) is 2. The van der Waals surface area contributed by atoms with Crippen LogP contribution in [-0.4, -0.2) is 29.2 Å². The number of carbonyl (C=O) groups excluding carboxylic acids is 1. The summed E-state index contributed by atoms with van der Waals surface area (Å²) in [5.74, 6) is 1.49. The van der Waals surface area contributed by atoms with E-state index < -0.39 is 0 Å². The summed E-state index contributed by atoms with van der Waals surface area (Å²) in [5, 5.41) is 0. The second-order valence-electron chi connectivity index (χ2n) is 9.16. The molecule has 0 aliphatic carbocycles. The van der Waals surface area contributed by atoms with Gasteiger partial charge >= 0.3 is 5.97 Å². The Morgan fingerprint density at radius 2 is 1.55 bits per heavy atom. The normalized spacial score (nSPS) is 12.8. The van der Waals surface area contributed by atoms with Crippen LogP contribution in [0.4, 0.5) is 0 Å². The summed E-state index contributed by atoms with van der Waals surface area (Å²) in [6, 6.07) is 8.06. The predicted molar refractivity (Wildman–Crippen MR) is 134 cm³/mol. The van der Waals surface area contributed by atoms with E-state index in [0.29, 0.717) is 37.1 Å². The van der Waals surface area contributed by atoms with Crippen LogP contribution < -0.4 is 4.74 Å². The molecule has 5 nitrogen and oxygen atoms in total. The van der Waals surface area contributed by atoms with Crippen molar-refractivity contribution >= 4 is 5.97 Å². The number of carbonyl (C=O) groups is 1. The first kappa shape index (κ1) is 26.8. The zero-order valence-electron chi connectivity index (χ0n) is 21.0. The number of hydrogen-bond donors (Lipinski definition) is 0. The molecule has 0 spiro atoms. The summed E-state index contributed by atoms with van der Waals surface area (Å²) in [6.45, 7) is 9.56. The van der Waals surface area contributed by atoms with Crippen LogP contribution in [0.2, 0.25) is 0 Å². The highest BCUT2D eigenvalue weighted by atomic mass is 16.5. The van der Waals surface area contributed by atoms with Gasteiger partial charge in [0.25, 0.3) is 0 Å². The summed E-state index contributed by atoms with van der Waals surface area (Å²) in [6.07, 6.45) is 14.0. The van der Waals surface area contributed by atoms with Gasteiger partial charge in [0, 0.05) is 5.56 Å². The summed E-state index contributed by atoms with van der Waals surface area (Å²) in [4.78, 5) is 21.1. The van der Waals surface area contributed by atoms with Crippen LogP contribution in [-0.2, 0) is 16.0 Å². The number of ether oxygens (including phenoxy) is 2. The summed E-state index contributed by atoms with van der Waals surface area (Å²) in [7, 11) is 0. The summed E-state index contributed by atoms with van der Waals surface area (Å²) >= 11 is 0. The molecular formula is C28H42N2O3. The molecule has 0 aliphatic heterocycles. The number of aromatic nitrogens is 2. The standard InChI is InChI=1S/C28H42N2O3/c1-5-7-8-9-10-11-12-17-32-26-19-29-27(30-20-26)25-15-13-24(14-16-25)18-23(4)28(31)33-21-22(3)6-2/h13-16,19-20,22-23H,5-12,17-18,21H2,1-4H3. The van der Waals surface area contributed by atoms with E-state index in [1.807, 2.05) is 31.2 Å². The van der Waals surface area contributed by atoms with Crippen molar-refractivity contribution in [1.29, 1.82) is 0 Å². The summed E-state index contributed by atoms with van der Waals surface area (Å²) in [5.41, 5.74) is 2.05. The Labute approximate surface area is 200 Å². The van der Waals surface area contributed by atoms with E-state index in [-0.39, 0.29) is 11.9 Å². The lowest BCUT2D eigenvalue weighted by molar-refractivity contribution is -0.149. The van der Waals surface area contributed by atoms with Gasteiger partial charge in [-0.1, -0.05) is 96.9 Å². The molecular weight excluding hydrogens is 412 g/mol. The minimum atomic E-state index is -0.163. The maximum absolute atomic E-state index is 12.2. The van der Waals surface area contributed by atoms with Gasteiger partial charge in [-0.2, -0.15) is 0 Å². The van der Waals surface area contributed by atoms with Gasteiger partial charge in [0.05, 0.1) is 31.5 Å². The highest BCUT2D eigenvalue weighted by molar-refractivity contribution is 5.72. The van der Waals surface area contributed by atoms with Gasteiger partial charge in [0.1, 0.15) is 0 Å². The molecule has 0 saturated heterocycles. The molecule has 0 fully saturated rings. The van der Waals surface area contributed by atoms with Gasteiger partial charge in [0.2, 0.25) is 0 Å². The zero-order valence-corrected chi connectivity index (χ0v) is 21.0. The lowest BCUT2D eigenvalue weighted by atomic mass is 10.00. The molecule has 2 atom stereocenters. The van der Waals surface area contributed by atoms with Gasteiger partial charge in [-0.15, -0.1) is 0 Å². The van der Waals surface area contributed by atoms with Crippen LogP contribution in [0.25, 0.3) is 11.4 Å². The van der Waals surface area contributed by atoms with Crippen LogP contribution >= 0.6 is 0 Å². The van der Waals surface area contributed by atoms with E-state index in [1.165, 1.54) is 38.5 Å². The maximum atomic E-state index is 12.2. The van der Waals surface area contributed by atoms with E-state index in [1.54, 1.807) is 12.4 Å². The zero-order chi connectivity index (χ0) is 23.9. The minimum absolute atomic E-state index is 0.130. The molecule has 0 bridgehead atoms. The lowest BCUT2D eigenvalue weighted by Crippen LogP contribution is -2.19. The number of rotatable bonds is 16. The Morgan fingerprint density at radius 3 is 2.18 bits per heavy atom. The Hall–Kier alpha value is -2.43. The Balaban J connectivity index is 1.74. The van der Waals surface area contributed by atoms with Crippen LogP contribution in [0, 0.1) is 11.8 Å². The van der Waals surface area contributed by atoms with Crippen LogP contribution in [0.15, 0.2) is 36.7 Å². The first-order valence-electron chi connectivity index (χ1n) is 12.7. The average Bonchev–Trinajstić information content (AvgIpc) is 2.84. The molecule has 1 aromatic carbocycles.